The van der Waals surface area contributed by atoms with Gasteiger partial charge in [0, 0.05) is 6.07 Å². The van der Waals surface area contributed by atoms with Crippen LogP contribution in [-0.2, 0) is 10.8 Å². The molecule has 1 atom stereocenters. The van der Waals surface area contributed by atoms with E-state index in [1.807, 2.05) is 10.2 Å². The first-order chi connectivity index (χ1) is 5.41. The van der Waals surface area contributed by atoms with Crippen molar-refractivity contribution in [1.29, 1.82) is 0 Å². The van der Waals surface area contributed by atoms with Crippen molar-refractivity contribution in [3.05, 3.63) is 16.4 Å². The van der Waals surface area contributed by atoms with E-state index in [-0.39, 0.29) is 0 Å². The third kappa shape index (κ3) is 1.76. The second-order valence-electron chi connectivity index (χ2n) is 1.84. The molecule has 1 heterocycles. The fraction of sp³-hybridized carbons (Fsp3) is 0.250. The van der Waals surface area contributed by atoms with Gasteiger partial charge in [-0.25, -0.2) is 4.21 Å². The lowest BCUT2D eigenvalue weighted by molar-refractivity contribution is -0.0386. The van der Waals surface area contributed by atoms with Crippen molar-refractivity contribution in [3.63, 3.8) is 0 Å². The van der Waals surface area contributed by atoms with Gasteiger partial charge in [-0.15, -0.1) is 0 Å². The van der Waals surface area contributed by atoms with E-state index >= 15 is 0 Å². The Bertz CT molecular complexity index is 352. The fourth-order valence-corrected chi connectivity index (χ4v) is 1.15. The Kier molecular flexibility index (Phi) is 2.09. The standard InChI is InChI=1S/C4H3F3N2O2S/c5-4(6,7)12(11)3-1-2(10)8-9-3/h1H,(H2,8,9,10). The molecule has 0 aliphatic heterocycles. The summed E-state index contributed by atoms with van der Waals surface area (Å²) in [4.78, 5) is 10.3. The van der Waals surface area contributed by atoms with E-state index in [9.17, 15) is 22.2 Å². The zero-order valence-electron chi connectivity index (χ0n) is 5.44. The smallest absolute Gasteiger partial charge is 0.289 e. The zero-order chi connectivity index (χ0) is 9.35. The number of hydrogen-bond donors (Lipinski definition) is 2. The van der Waals surface area contributed by atoms with Crippen LogP contribution in [0.1, 0.15) is 0 Å². The summed E-state index contributed by atoms with van der Waals surface area (Å²) >= 11 is 0. The number of halogens is 3. The lowest BCUT2D eigenvalue weighted by Crippen LogP contribution is -2.16. The summed E-state index contributed by atoms with van der Waals surface area (Å²) in [6.07, 6.45) is 0. The maximum absolute atomic E-state index is 11.7. The van der Waals surface area contributed by atoms with Gasteiger partial charge >= 0.3 is 5.51 Å². The van der Waals surface area contributed by atoms with Gasteiger partial charge < -0.3 is 0 Å². The maximum Gasteiger partial charge on any atom is 0.477 e. The summed E-state index contributed by atoms with van der Waals surface area (Å²) in [5.41, 5.74) is -5.59. The number of rotatable bonds is 1. The molecule has 0 aliphatic carbocycles. The molecule has 0 saturated heterocycles. The Labute approximate surface area is 66.2 Å². The number of alkyl halides is 3. The van der Waals surface area contributed by atoms with Gasteiger partial charge in [-0.05, 0) is 0 Å². The van der Waals surface area contributed by atoms with Gasteiger partial charge in [-0.3, -0.25) is 15.0 Å². The maximum atomic E-state index is 11.7. The molecule has 8 heteroatoms. The monoisotopic (exact) mass is 200 g/mol. The lowest BCUT2D eigenvalue weighted by atomic mass is 10.7. The first kappa shape index (κ1) is 9.04. The van der Waals surface area contributed by atoms with E-state index in [1.54, 1.807) is 0 Å². The SMILES string of the molecule is O=c1cc(S(=O)C(F)(F)F)[nH][nH]1. The van der Waals surface area contributed by atoms with E-state index in [1.165, 1.54) is 0 Å². The Morgan fingerprint density at radius 3 is 2.25 bits per heavy atom. The Hall–Kier alpha value is -1.05. The number of H-pyrrole nitrogens is 2. The zero-order valence-corrected chi connectivity index (χ0v) is 6.25. The van der Waals surface area contributed by atoms with Crippen LogP contribution < -0.4 is 5.56 Å². The molecule has 0 spiro atoms. The van der Waals surface area contributed by atoms with Gasteiger partial charge in [0.1, 0.15) is 5.03 Å². The van der Waals surface area contributed by atoms with Crippen LogP contribution in [0.25, 0.3) is 0 Å². The van der Waals surface area contributed by atoms with Crippen LogP contribution in [0.3, 0.4) is 0 Å². The van der Waals surface area contributed by atoms with E-state index in [0.29, 0.717) is 6.07 Å². The second-order valence-corrected chi connectivity index (χ2v) is 3.28. The van der Waals surface area contributed by atoms with Crippen molar-refractivity contribution in [2.24, 2.45) is 0 Å². The highest BCUT2D eigenvalue weighted by Crippen LogP contribution is 2.23. The Morgan fingerprint density at radius 2 is 1.92 bits per heavy atom. The van der Waals surface area contributed by atoms with E-state index in [0.717, 1.165) is 0 Å². The average Bonchev–Trinajstić information content (AvgIpc) is 2.32. The molecule has 0 bridgehead atoms. The molecule has 68 valence electrons. The molecule has 0 fully saturated rings. The van der Waals surface area contributed by atoms with Crippen LogP contribution in [0, 0.1) is 0 Å². The van der Waals surface area contributed by atoms with Crippen LogP contribution >= 0.6 is 0 Å². The lowest BCUT2D eigenvalue weighted by Gasteiger charge is -2.01. The minimum Gasteiger partial charge on any atom is -0.289 e. The summed E-state index contributed by atoms with van der Waals surface area (Å²) < 4.78 is 45.6. The summed E-state index contributed by atoms with van der Waals surface area (Å²) in [6.45, 7) is 0. The molecule has 1 unspecified atom stereocenters. The molecule has 0 radical (unpaired) electrons. The molecule has 1 aromatic heterocycles. The van der Waals surface area contributed by atoms with Gasteiger partial charge in [0.15, 0.2) is 10.8 Å². The minimum atomic E-state index is -4.84. The first-order valence-electron chi connectivity index (χ1n) is 2.67. The fourth-order valence-electron chi connectivity index (χ4n) is 0.539. The second kappa shape index (κ2) is 2.77. The summed E-state index contributed by atoms with van der Waals surface area (Å²) in [5.74, 6) is 0. The molecule has 1 aromatic rings. The van der Waals surface area contributed by atoms with E-state index < -0.39 is 26.9 Å². The first-order valence-corrected chi connectivity index (χ1v) is 3.82. The molecule has 0 aliphatic rings. The molecular weight excluding hydrogens is 197 g/mol. The van der Waals surface area contributed by atoms with Crippen LogP contribution in [0.5, 0.6) is 0 Å². The van der Waals surface area contributed by atoms with Crippen molar-refractivity contribution < 1.29 is 17.4 Å². The highest BCUT2D eigenvalue weighted by atomic mass is 32.2. The molecule has 0 aromatic carbocycles. The van der Waals surface area contributed by atoms with Crippen LogP contribution in [0.4, 0.5) is 13.2 Å². The third-order valence-electron chi connectivity index (χ3n) is 0.981. The van der Waals surface area contributed by atoms with E-state index in [2.05, 4.69) is 0 Å². The largest absolute Gasteiger partial charge is 0.477 e. The van der Waals surface area contributed by atoms with Crippen LogP contribution in [-0.4, -0.2) is 19.9 Å². The molecule has 4 nitrogen and oxygen atoms in total. The summed E-state index contributed by atoms with van der Waals surface area (Å²) in [7, 11) is -3.17. The number of hydrogen-bond acceptors (Lipinski definition) is 2. The molecule has 12 heavy (non-hydrogen) atoms. The molecular formula is C4H3F3N2O2S. The molecule has 1 rings (SSSR count). The Balaban J connectivity index is 3.01. The van der Waals surface area contributed by atoms with Crippen molar-refractivity contribution in [1.82, 2.24) is 10.2 Å². The molecule has 0 amide bonds. The summed E-state index contributed by atoms with van der Waals surface area (Å²) in [5, 5.41) is 3.03. The number of aromatic nitrogens is 2. The van der Waals surface area contributed by atoms with Crippen molar-refractivity contribution in [2.45, 2.75) is 10.5 Å². The van der Waals surface area contributed by atoms with Crippen molar-refractivity contribution in [2.75, 3.05) is 0 Å². The van der Waals surface area contributed by atoms with Crippen molar-refractivity contribution in [3.8, 4) is 0 Å². The van der Waals surface area contributed by atoms with Crippen molar-refractivity contribution >= 4 is 10.8 Å². The average molecular weight is 200 g/mol. The number of aromatic amines is 2. The minimum absolute atomic E-state index is 0.601. The summed E-state index contributed by atoms with van der Waals surface area (Å²) in [6, 6.07) is 0.601. The van der Waals surface area contributed by atoms with Gasteiger partial charge in [0.25, 0.3) is 5.56 Å². The number of nitrogens with one attached hydrogen (secondary N) is 2. The highest BCUT2D eigenvalue weighted by Gasteiger charge is 2.39. The Morgan fingerprint density at radius 1 is 1.33 bits per heavy atom. The topological polar surface area (TPSA) is 65.7 Å². The van der Waals surface area contributed by atoms with Gasteiger partial charge in [-0.1, -0.05) is 0 Å². The predicted octanol–water partition coefficient (Wildman–Crippen LogP) is 0.330. The van der Waals surface area contributed by atoms with Crippen LogP contribution in [0.2, 0.25) is 0 Å². The predicted molar refractivity (Wildman–Crippen MR) is 33.9 cm³/mol. The quantitative estimate of drug-likeness (QED) is 0.686. The van der Waals surface area contributed by atoms with E-state index in [4.69, 9.17) is 0 Å². The molecule has 0 saturated carbocycles. The molecule has 2 N–H and O–H groups in total. The normalized spacial score (nSPS) is 14.6. The van der Waals surface area contributed by atoms with Gasteiger partial charge in [0.2, 0.25) is 0 Å². The highest BCUT2D eigenvalue weighted by molar-refractivity contribution is 7.85. The van der Waals surface area contributed by atoms with Gasteiger partial charge in [0.05, 0.1) is 0 Å². The van der Waals surface area contributed by atoms with Gasteiger partial charge in [-0.2, -0.15) is 13.2 Å². The third-order valence-corrected chi connectivity index (χ3v) is 2.02. The van der Waals surface area contributed by atoms with Crippen LogP contribution in [0.15, 0.2) is 15.9 Å².